The molecule has 0 spiro atoms. The van der Waals surface area contributed by atoms with E-state index in [1.165, 1.54) is 0 Å². The maximum absolute atomic E-state index is 12.6. The Balaban J connectivity index is 1.88. The van der Waals surface area contributed by atoms with Gasteiger partial charge in [0.25, 0.3) is 0 Å². The van der Waals surface area contributed by atoms with Gasteiger partial charge in [-0.15, -0.1) is 0 Å². The van der Waals surface area contributed by atoms with Gasteiger partial charge in [0.1, 0.15) is 11.6 Å². The van der Waals surface area contributed by atoms with E-state index in [-0.39, 0.29) is 0 Å². The van der Waals surface area contributed by atoms with Gasteiger partial charge < -0.3 is 25.6 Å². The highest BCUT2D eigenvalue weighted by atomic mass is 32.2. The highest BCUT2D eigenvalue weighted by Gasteiger charge is 2.30. The van der Waals surface area contributed by atoms with E-state index in [1.807, 2.05) is 12.1 Å². The molecule has 2 aromatic rings. The third-order valence-electron chi connectivity index (χ3n) is 5.81. The van der Waals surface area contributed by atoms with Crippen LogP contribution in [-0.4, -0.2) is 87.9 Å². The number of aromatic nitrogens is 2. The minimum Gasteiger partial charge on any atom is -0.495 e. The second-order valence-corrected chi connectivity index (χ2v) is 10.8. The molecule has 2 heterocycles. The first-order chi connectivity index (χ1) is 15.8. The fraction of sp³-hybridized carbons (Fsp3) is 0.636. The number of ether oxygens (including phenoxy) is 1. The van der Waals surface area contributed by atoms with Gasteiger partial charge in [-0.3, -0.25) is 0 Å². The van der Waals surface area contributed by atoms with E-state index in [0.717, 1.165) is 54.2 Å². The molecule has 3 rings (SSSR count). The van der Waals surface area contributed by atoms with Crippen molar-refractivity contribution in [3.8, 4) is 5.75 Å². The van der Waals surface area contributed by atoms with Crippen LogP contribution in [0.3, 0.4) is 0 Å². The molecule has 11 heteroatoms. The Hall–Kier alpha value is -2.37. The molecule has 1 fully saturated rings. The fourth-order valence-electron chi connectivity index (χ4n) is 3.87. The molecule has 1 saturated heterocycles. The monoisotopic (exact) mass is 479 g/mol. The number of benzene rings is 1. The maximum atomic E-state index is 12.6. The van der Waals surface area contributed by atoms with Gasteiger partial charge in [-0.05, 0) is 45.5 Å². The number of rotatable bonds is 11. The standard InChI is InChI=1S/C22H37N7O3S/c1-6-24-8-7-9-25-19-15-18-17(14-20(19)32-5)21(27-22(23-4)26-18)28-10-12-29(13-11-28)33(30,31)16(2)3/h14-16,24-25H,6-13H2,1-5H3,(H,23,26,27). The van der Waals surface area contributed by atoms with Gasteiger partial charge >= 0.3 is 0 Å². The lowest BCUT2D eigenvalue weighted by Gasteiger charge is -2.36. The second-order valence-electron chi connectivity index (χ2n) is 8.30. The topological polar surface area (TPSA) is 112 Å². The zero-order valence-corrected chi connectivity index (χ0v) is 21.1. The molecule has 1 aliphatic rings. The summed E-state index contributed by atoms with van der Waals surface area (Å²) in [4.78, 5) is 11.5. The van der Waals surface area contributed by atoms with E-state index in [2.05, 4.69) is 32.8 Å². The van der Waals surface area contributed by atoms with Gasteiger partial charge in [0.05, 0.1) is 23.6 Å². The first-order valence-electron chi connectivity index (χ1n) is 11.6. The van der Waals surface area contributed by atoms with Crippen molar-refractivity contribution in [3.05, 3.63) is 12.1 Å². The molecule has 3 N–H and O–H groups in total. The molecule has 184 valence electrons. The molecule has 0 saturated carbocycles. The number of fused-ring (bicyclic) bond motifs is 1. The van der Waals surface area contributed by atoms with Crippen LogP contribution in [0.1, 0.15) is 27.2 Å². The summed E-state index contributed by atoms with van der Waals surface area (Å²) in [6, 6.07) is 3.96. The predicted octanol–water partition coefficient (Wildman–Crippen LogP) is 1.95. The van der Waals surface area contributed by atoms with Crippen LogP contribution >= 0.6 is 0 Å². The van der Waals surface area contributed by atoms with Crippen LogP contribution in [0.25, 0.3) is 10.9 Å². The normalized spacial score (nSPS) is 15.3. The van der Waals surface area contributed by atoms with Gasteiger partial charge in [-0.1, -0.05) is 6.92 Å². The van der Waals surface area contributed by atoms with E-state index in [1.54, 1.807) is 32.3 Å². The zero-order valence-electron chi connectivity index (χ0n) is 20.3. The summed E-state index contributed by atoms with van der Waals surface area (Å²) in [7, 11) is 0.186. The molecule has 0 unspecified atom stereocenters. The third kappa shape index (κ3) is 5.77. The quantitative estimate of drug-likeness (QED) is 0.416. The Labute approximate surface area is 197 Å². The summed E-state index contributed by atoms with van der Waals surface area (Å²) in [6.07, 6.45) is 0.995. The summed E-state index contributed by atoms with van der Waals surface area (Å²) in [6.45, 7) is 10.3. The molecule has 1 aromatic heterocycles. The number of nitrogens with one attached hydrogen (secondary N) is 3. The van der Waals surface area contributed by atoms with Crippen molar-refractivity contribution in [3.63, 3.8) is 0 Å². The SMILES string of the molecule is CCNCCCNc1cc2nc(NC)nc(N3CCN(S(=O)(=O)C(C)C)CC3)c2cc1OC. The van der Waals surface area contributed by atoms with Crippen LogP contribution < -0.4 is 25.6 Å². The minimum absolute atomic E-state index is 0.423. The summed E-state index contributed by atoms with van der Waals surface area (Å²) in [5, 5.41) is 10.3. The van der Waals surface area contributed by atoms with Crippen molar-refractivity contribution in [2.24, 2.45) is 0 Å². The summed E-state index contributed by atoms with van der Waals surface area (Å²) in [5.74, 6) is 2.04. The van der Waals surface area contributed by atoms with E-state index < -0.39 is 15.3 Å². The average molecular weight is 480 g/mol. The third-order valence-corrected chi connectivity index (χ3v) is 8.09. The van der Waals surface area contributed by atoms with Crippen molar-refractivity contribution in [2.45, 2.75) is 32.4 Å². The summed E-state index contributed by atoms with van der Waals surface area (Å²) in [5.41, 5.74) is 1.69. The zero-order chi connectivity index (χ0) is 24.0. The predicted molar refractivity (Wildman–Crippen MR) is 135 cm³/mol. The van der Waals surface area contributed by atoms with Crippen molar-refractivity contribution >= 4 is 38.4 Å². The number of nitrogens with zero attached hydrogens (tertiary/aromatic N) is 4. The molecular weight excluding hydrogens is 442 g/mol. The van der Waals surface area contributed by atoms with Crippen molar-refractivity contribution in [1.29, 1.82) is 0 Å². The lowest BCUT2D eigenvalue weighted by Crippen LogP contribution is -2.50. The van der Waals surface area contributed by atoms with E-state index in [9.17, 15) is 8.42 Å². The number of sulfonamides is 1. The Morgan fingerprint density at radius 3 is 2.45 bits per heavy atom. The fourth-order valence-corrected chi connectivity index (χ4v) is 5.13. The highest BCUT2D eigenvalue weighted by Crippen LogP contribution is 2.35. The molecule has 0 atom stereocenters. The number of hydrogen-bond acceptors (Lipinski definition) is 9. The average Bonchev–Trinajstić information content (AvgIpc) is 2.82. The van der Waals surface area contributed by atoms with E-state index >= 15 is 0 Å². The Bertz CT molecular complexity index is 1040. The van der Waals surface area contributed by atoms with E-state index in [0.29, 0.717) is 32.1 Å². The Morgan fingerprint density at radius 2 is 1.85 bits per heavy atom. The highest BCUT2D eigenvalue weighted by molar-refractivity contribution is 7.89. The van der Waals surface area contributed by atoms with Crippen LogP contribution in [0.15, 0.2) is 12.1 Å². The first-order valence-corrected chi connectivity index (χ1v) is 13.1. The van der Waals surface area contributed by atoms with Crippen molar-refractivity contribution in [1.82, 2.24) is 19.6 Å². The van der Waals surface area contributed by atoms with Gasteiger partial charge in [-0.25, -0.2) is 13.4 Å². The van der Waals surface area contributed by atoms with E-state index in [4.69, 9.17) is 9.72 Å². The van der Waals surface area contributed by atoms with Crippen LogP contribution in [0, 0.1) is 0 Å². The first kappa shape index (κ1) is 25.3. The molecule has 1 aromatic carbocycles. The number of piperazine rings is 1. The van der Waals surface area contributed by atoms with Gasteiger partial charge in [0.2, 0.25) is 16.0 Å². The number of hydrogen-bond donors (Lipinski definition) is 3. The molecule has 1 aliphatic heterocycles. The van der Waals surface area contributed by atoms with Gasteiger partial charge in [0, 0.05) is 45.2 Å². The van der Waals surface area contributed by atoms with Crippen molar-refractivity contribution in [2.75, 3.05) is 75.5 Å². The smallest absolute Gasteiger partial charge is 0.224 e. The Kier molecular flexibility index (Phi) is 8.55. The molecule has 0 radical (unpaired) electrons. The van der Waals surface area contributed by atoms with Crippen LogP contribution in [0.5, 0.6) is 5.75 Å². The largest absolute Gasteiger partial charge is 0.495 e. The molecule has 0 bridgehead atoms. The molecular formula is C22H37N7O3S. The molecule has 0 amide bonds. The van der Waals surface area contributed by atoms with Gasteiger partial charge in [-0.2, -0.15) is 9.29 Å². The van der Waals surface area contributed by atoms with Gasteiger partial charge in [0.15, 0.2) is 0 Å². The molecule has 10 nitrogen and oxygen atoms in total. The van der Waals surface area contributed by atoms with Crippen LogP contribution in [0.4, 0.5) is 17.5 Å². The minimum atomic E-state index is -3.26. The molecule has 33 heavy (non-hydrogen) atoms. The van der Waals surface area contributed by atoms with Crippen LogP contribution in [0.2, 0.25) is 0 Å². The lowest BCUT2D eigenvalue weighted by molar-refractivity contribution is 0.380. The van der Waals surface area contributed by atoms with Crippen molar-refractivity contribution < 1.29 is 13.2 Å². The lowest BCUT2D eigenvalue weighted by atomic mass is 10.1. The summed E-state index contributed by atoms with van der Waals surface area (Å²) < 4.78 is 32.3. The number of methoxy groups -OCH3 is 1. The molecule has 0 aliphatic carbocycles. The second kappa shape index (κ2) is 11.2. The number of anilines is 3. The van der Waals surface area contributed by atoms with Crippen LogP contribution in [-0.2, 0) is 10.0 Å². The maximum Gasteiger partial charge on any atom is 0.224 e. The summed E-state index contributed by atoms with van der Waals surface area (Å²) >= 11 is 0. The Morgan fingerprint density at radius 1 is 1.12 bits per heavy atom.